The van der Waals surface area contributed by atoms with Crippen LogP contribution in [-0.4, -0.2) is 42.6 Å². The van der Waals surface area contributed by atoms with Gasteiger partial charge in [0.2, 0.25) is 5.91 Å². The van der Waals surface area contributed by atoms with Crippen molar-refractivity contribution >= 4 is 11.6 Å². The van der Waals surface area contributed by atoms with Gasteiger partial charge < -0.3 is 16.2 Å². The minimum Gasteiger partial charge on any atom is -0.399 e. The molecular weight excluding hydrogens is 242 g/mol. The third-order valence-corrected chi connectivity index (χ3v) is 2.79. The summed E-state index contributed by atoms with van der Waals surface area (Å²) in [5.74, 6) is -0.0196. The van der Waals surface area contributed by atoms with E-state index in [1.807, 2.05) is 14.0 Å². The highest BCUT2D eigenvalue weighted by molar-refractivity contribution is 5.77. The number of hydrogen-bond acceptors (Lipinski definition) is 4. The quantitative estimate of drug-likeness (QED) is 0.636. The second-order valence-corrected chi connectivity index (χ2v) is 4.73. The highest BCUT2D eigenvalue weighted by Gasteiger charge is 2.12. The van der Waals surface area contributed by atoms with Crippen LogP contribution in [-0.2, 0) is 4.79 Å². The summed E-state index contributed by atoms with van der Waals surface area (Å²) in [4.78, 5) is 13.3. The molecule has 0 saturated heterocycles. The van der Waals surface area contributed by atoms with E-state index >= 15 is 0 Å². The Morgan fingerprint density at radius 2 is 2.05 bits per heavy atom. The zero-order chi connectivity index (χ0) is 14.3. The summed E-state index contributed by atoms with van der Waals surface area (Å²) < 4.78 is 0. The molecule has 1 unspecified atom stereocenters. The van der Waals surface area contributed by atoms with Crippen LogP contribution in [0.1, 0.15) is 25.0 Å². The summed E-state index contributed by atoms with van der Waals surface area (Å²) in [5, 5.41) is 12.9. The minimum absolute atomic E-state index is 0.0196. The number of hydrogen-bond donors (Lipinski definition) is 3. The van der Waals surface area contributed by atoms with Crippen molar-refractivity contribution in [3.63, 3.8) is 0 Å². The number of rotatable bonds is 7. The number of likely N-dealkylation sites (N-methyl/N-ethyl adjacent to an activating group) is 1. The van der Waals surface area contributed by atoms with Gasteiger partial charge in [-0.2, -0.15) is 0 Å². The number of carbonyl (C=O) groups is 1. The summed E-state index contributed by atoms with van der Waals surface area (Å²) in [7, 11) is 1.81. The van der Waals surface area contributed by atoms with Gasteiger partial charge in [0.05, 0.1) is 12.6 Å². The van der Waals surface area contributed by atoms with E-state index in [1.165, 1.54) is 0 Å². The average molecular weight is 265 g/mol. The summed E-state index contributed by atoms with van der Waals surface area (Å²) in [6.07, 6.45) is 0.299. The summed E-state index contributed by atoms with van der Waals surface area (Å²) in [5.41, 5.74) is 7.07. The van der Waals surface area contributed by atoms with E-state index in [-0.39, 0.29) is 12.5 Å². The first-order valence-electron chi connectivity index (χ1n) is 6.51. The van der Waals surface area contributed by atoms with Gasteiger partial charge in [0, 0.05) is 18.8 Å². The van der Waals surface area contributed by atoms with Gasteiger partial charge in [-0.1, -0.05) is 19.1 Å². The van der Waals surface area contributed by atoms with E-state index in [1.54, 1.807) is 29.2 Å². The molecule has 0 heterocycles. The van der Waals surface area contributed by atoms with Crippen LogP contribution in [0, 0.1) is 0 Å². The normalized spacial score (nSPS) is 12.4. The molecule has 0 bridgehead atoms. The Balaban J connectivity index is 2.41. The van der Waals surface area contributed by atoms with Crippen molar-refractivity contribution in [1.29, 1.82) is 0 Å². The lowest BCUT2D eigenvalue weighted by Gasteiger charge is -2.20. The minimum atomic E-state index is -0.621. The monoisotopic (exact) mass is 265 g/mol. The number of nitrogens with one attached hydrogen (secondary N) is 1. The smallest absolute Gasteiger partial charge is 0.234 e. The molecule has 4 N–H and O–H groups in total. The number of nitrogen functional groups attached to an aromatic ring is 1. The van der Waals surface area contributed by atoms with Gasteiger partial charge >= 0.3 is 0 Å². The molecule has 0 aromatic heterocycles. The van der Waals surface area contributed by atoms with Crippen molar-refractivity contribution in [2.24, 2.45) is 0 Å². The molecule has 19 heavy (non-hydrogen) atoms. The maximum atomic E-state index is 11.5. The molecule has 106 valence electrons. The van der Waals surface area contributed by atoms with Crippen LogP contribution >= 0.6 is 0 Å². The van der Waals surface area contributed by atoms with Crippen LogP contribution in [0.5, 0.6) is 0 Å². The molecule has 5 nitrogen and oxygen atoms in total. The second kappa shape index (κ2) is 7.76. The van der Waals surface area contributed by atoms with E-state index in [2.05, 4.69) is 5.32 Å². The molecule has 1 aromatic carbocycles. The Hall–Kier alpha value is -1.59. The average Bonchev–Trinajstić information content (AvgIpc) is 2.36. The van der Waals surface area contributed by atoms with E-state index in [0.717, 1.165) is 12.0 Å². The molecule has 1 amide bonds. The molecular formula is C14H23N3O2. The fraction of sp³-hybridized carbons (Fsp3) is 0.500. The number of aliphatic hydroxyl groups is 1. The maximum absolute atomic E-state index is 11.5. The highest BCUT2D eigenvalue weighted by Crippen LogP contribution is 2.15. The van der Waals surface area contributed by atoms with Crippen LogP contribution in [0.3, 0.4) is 0 Å². The van der Waals surface area contributed by atoms with E-state index in [0.29, 0.717) is 18.8 Å². The standard InChI is InChI=1S/C14H23N3O2/c1-3-8-16-14(19)10-17(2)9-13(18)11-4-6-12(15)7-5-11/h4-7,13,18H,3,8-10,15H2,1-2H3,(H,16,19). The molecule has 1 rings (SSSR count). The van der Waals surface area contributed by atoms with Crippen LogP contribution in [0.4, 0.5) is 5.69 Å². The van der Waals surface area contributed by atoms with Crippen molar-refractivity contribution in [1.82, 2.24) is 10.2 Å². The molecule has 0 radical (unpaired) electrons. The van der Waals surface area contributed by atoms with Crippen LogP contribution in [0.15, 0.2) is 24.3 Å². The lowest BCUT2D eigenvalue weighted by Crippen LogP contribution is -2.37. The maximum Gasteiger partial charge on any atom is 0.234 e. The summed E-state index contributed by atoms with van der Waals surface area (Å²) >= 11 is 0. The van der Waals surface area contributed by atoms with Crippen molar-refractivity contribution in [2.75, 3.05) is 32.4 Å². The zero-order valence-electron chi connectivity index (χ0n) is 11.6. The highest BCUT2D eigenvalue weighted by atomic mass is 16.3. The van der Waals surface area contributed by atoms with Crippen LogP contribution in [0.2, 0.25) is 0 Å². The van der Waals surface area contributed by atoms with E-state index in [9.17, 15) is 9.90 Å². The fourth-order valence-corrected chi connectivity index (χ4v) is 1.75. The van der Waals surface area contributed by atoms with Gasteiger partial charge in [0.25, 0.3) is 0 Å². The third-order valence-electron chi connectivity index (χ3n) is 2.79. The molecule has 0 spiro atoms. The number of nitrogens with zero attached hydrogens (tertiary/aromatic N) is 1. The first-order chi connectivity index (χ1) is 9.02. The molecule has 1 aromatic rings. The Labute approximate surface area is 114 Å². The Bertz CT molecular complexity index is 392. The molecule has 0 saturated carbocycles. The van der Waals surface area contributed by atoms with Gasteiger partial charge in [0.15, 0.2) is 0 Å². The lowest BCUT2D eigenvalue weighted by molar-refractivity contribution is -0.122. The Kier molecular flexibility index (Phi) is 6.32. The molecule has 0 fully saturated rings. The largest absolute Gasteiger partial charge is 0.399 e. The van der Waals surface area contributed by atoms with E-state index in [4.69, 9.17) is 5.73 Å². The molecule has 5 heteroatoms. The molecule has 0 aliphatic heterocycles. The number of nitrogens with two attached hydrogens (primary N) is 1. The predicted molar refractivity (Wildman–Crippen MR) is 76.6 cm³/mol. The number of anilines is 1. The predicted octanol–water partition coefficient (Wildman–Crippen LogP) is 0.760. The summed E-state index contributed by atoms with van der Waals surface area (Å²) in [6.45, 7) is 3.39. The lowest BCUT2D eigenvalue weighted by atomic mass is 10.1. The van der Waals surface area contributed by atoms with Crippen molar-refractivity contribution in [2.45, 2.75) is 19.4 Å². The van der Waals surface area contributed by atoms with Crippen LogP contribution in [0.25, 0.3) is 0 Å². The Morgan fingerprint density at radius 3 is 2.63 bits per heavy atom. The molecule has 0 aliphatic carbocycles. The van der Waals surface area contributed by atoms with Crippen molar-refractivity contribution < 1.29 is 9.90 Å². The van der Waals surface area contributed by atoms with Crippen LogP contribution < -0.4 is 11.1 Å². The first-order valence-corrected chi connectivity index (χ1v) is 6.51. The number of amides is 1. The summed E-state index contributed by atoms with van der Waals surface area (Å²) in [6, 6.07) is 7.11. The van der Waals surface area contributed by atoms with Gasteiger partial charge in [0.1, 0.15) is 0 Å². The SMILES string of the molecule is CCCNC(=O)CN(C)CC(O)c1ccc(N)cc1. The number of aliphatic hydroxyl groups excluding tert-OH is 1. The van der Waals surface area contributed by atoms with Gasteiger partial charge in [-0.3, -0.25) is 9.69 Å². The topological polar surface area (TPSA) is 78.6 Å². The first kappa shape index (κ1) is 15.5. The van der Waals surface area contributed by atoms with E-state index < -0.39 is 6.10 Å². The molecule has 0 aliphatic rings. The van der Waals surface area contributed by atoms with Gasteiger partial charge in [-0.15, -0.1) is 0 Å². The Morgan fingerprint density at radius 1 is 1.42 bits per heavy atom. The van der Waals surface area contributed by atoms with Crippen molar-refractivity contribution in [3.05, 3.63) is 29.8 Å². The zero-order valence-corrected chi connectivity index (χ0v) is 11.6. The second-order valence-electron chi connectivity index (χ2n) is 4.73. The fourth-order valence-electron chi connectivity index (χ4n) is 1.75. The number of carbonyl (C=O) groups excluding carboxylic acids is 1. The van der Waals surface area contributed by atoms with Crippen molar-refractivity contribution in [3.8, 4) is 0 Å². The molecule has 1 atom stereocenters. The third kappa shape index (κ3) is 5.72. The van der Waals surface area contributed by atoms with Gasteiger partial charge in [-0.05, 0) is 31.2 Å². The van der Waals surface area contributed by atoms with Gasteiger partial charge in [-0.25, -0.2) is 0 Å². The number of benzene rings is 1.